The summed E-state index contributed by atoms with van der Waals surface area (Å²) in [5, 5.41) is 3.54. The molecule has 2 heteroatoms. The molecule has 0 saturated heterocycles. The van der Waals surface area contributed by atoms with E-state index in [1.165, 1.54) is 11.1 Å². The number of nitrogens with one attached hydrogen (secondary N) is 1. The minimum atomic E-state index is 0.445. The fourth-order valence-corrected chi connectivity index (χ4v) is 2.31. The van der Waals surface area contributed by atoms with Gasteiger partial charge in [-0.1, -0.05) is 63.3 Å². The van der Waals surface area contributed by atoms with Gasteiger partial charge < -0.3 is 5.32 Å². The average molecular weight is 260 g/mol. The van der Waals surface area contributed by atoms with Crippen LogP contribution in [-0.2, 0) is 0 Å². The molecule has 1 unspecified atom stereocenters. The Morgan fingerprint density at radius 1 is 1.16 bits per heavy atom. The molecular weight excluding hydrogens is 232 g/mol. The molecule has 0 aliphatic heterocycles. The first-order chi connectivity index (χ1) is 9.22. The summed E-state index contributed by atoms with van der Waals surface area (Å²) in [4.78, 5) is 2.50. The van der Waals surface area contributed by atoms with Gasteiger partial charge in [0.05, 0.1) is 0 Å². The second-order valence-corrected chi connectivity index (χ2v) is 4.88. The van der Waals surface area contributed by atoms with E-state index in [1.807, 2.05) is 0 Å². The molecule has 106 valence electrons. The van der Waals surface area contributed by atoms with Crippen LogP contribution in [0.3, 0.4) is 0 Å². The molecule has 0 bridgehead atoms. The van der Waals surface area contributed by atoms with Gasteiger partial charge in [-0.25, -0.2) is 0 Å². The van der Waals surface area contributed by atoms with Crippen LogP contribution in [0.15, 0.2) is 42.5 Å². The highest BCUT2D eigenvalue weighted by Crippen LogP contribution is 2.19. The molecule has 1 atom stereocenters. The van der Waals surface area contributed by atoms with Crippen LogP contribution in [0.1, 0.15) is 38.8 Å². The van der Waals surface area contributed by atoms with Gasteiger partial charge in [0, 0.05) is 19.1 Å². The summed E-state index contributed by atoms with van der Waals surface area (Å²) < 4.78 is 0. The third kappa shape index (κ3) is 5.17. The van der Waals surface area contributed by atoms with Gasteiger partial charge in [0.15, 0.2) is 0 Å². The van der Waals surface area contributed by atoms with Gasteiger partial charge in [-0.3, -0.25) is 4.90 Å². The molecule has 1 aromatic rings. The lowest BCUT2D eigenvalue weighted by Gasteiger charge is -2.30. The van der Waals surface area contributed by atoms with Crippen LogP contribution in [0, 0.1) is 0 Å². The first-order valence-corrected chi connectivity index (χ1v) is 7.39. The second kappa shape index (κ2) is 8.89. The molecule has 0 aliphatic carbocycles. The first kappa shape index (κ1) is 15.9. The van der Waals surface area contributed by atoms with Gasteiger partial charge in [-0.05, 0) is 25.1 Å². The van der Waals surface area contributed by atoms with Crippen molar-refractivity contribution in [3.05, 3.63) is 48.0 Å². The maximum absolute atomic E-state index is 4.05. The quantitative estimate of drug-likeness (QED) is 0.682. The van der Waals surface area contributed by atoms with Crippen LogP contribution >= 0.6 is 0 Å². The highest BCUT2D eigenvalue weighted by atomic mass is 15.2. The molecule has 1 rings (SSSR count). The molecule has 0 fully saturated rings. The first-order valence-electron chi connectivity index (χ1n) is 7.39. The standard InChI is InChI=1S/C17H28N2/c1-5-15(4)13-18-14-17(19(6-2)7-3)16-11-9-8-10-12-16/h8-12,17-18H,4-7,13-14H2,1-3H3. The summed E-state index contributed by atoms with van der Waals surface area (Å²) in [6, 6.07) is 11.2. The summed E-state index contributed by atoms with van der Waals surface area (Å²) >= 11 is 0. The van der Waals surface area contributed by atoms with E-state index in [2.05, 4.69) is 67.9 Å². The Balaban J connectivity index is 2.68. The van der Waals surface area contributed by atoms with Crippen LogP contribution in [0.2, 0.25) is 0 Å². The Morgan fingerprint density at radius 2 is 1.79 bits per heavy atom. The van der Waals surface area contributed by atoms with Crippen LogP contribution in [0.25, 0.3) is 0 Å². The lowest BCUT2D eigenvalue weighted by Crippen LogP contribution is -2.36. The smallest absolute Gasteiger partial charge is 0.0472 e. The molecule has 2 nitrogen and oxygen atoms in total. The highest BCUT2D eigenvalue weighted by Gasteiger charge is 2.16. The third-order valence-electron chi connectivity index (χ3n) is 3.65. The van der Waals surface area contributed by atoms with E-state index in [0.29, 0.717) is 6.04 Å². The fraction of sp³-hybridized carbons (Fsp3) is 0.529. The molecule has 0 radical (unpaired) electrons. The van der Waals surface area contributed by atoms with E-state index in [1.54, 1.807) is 0 Å². The van der Waals surface area contributed by atoms with E-state index in [4.69, 9.17) is 0 Å². The SMILES string of the molecule is C=C(CC)CNCC(c1ccccc1)N(CC)CC. The van der Waals surface area contributed by atoms with Gasteiger partial charge in [0.2, 0.25) is 0 Å². The minimum Gasteiger partial charge on any atom is -0.311 e. The third-order valence-corrected chi connectivity index (χ3v) is 3.65. The minimum absolute atomic E-state index is 0.445. The Kier molecular flexibility index (Phi) is 7.46. The molecular formula is C17H28N2. The Labute approximate surface area is 118 Å². The molecule has 1 N–H and O–H groups in total. The lowest BCUT2D eigenvalue weighted by atomic mass is 10.0. The molecule has 19 heavy (non-hydrogen) atoms. The molecule has 0 saturated carbocycles. The van der Waals surface area contributed by atoms with Crippen molar-refractivity contribution in [3.8, 4) is 0 Å². The lowest BCUT2D eigenvalue weighted by molar-refractivity contribution is 0.214. The average Bonchev–Trinajstić information content (AvgIpc) is 2.47. The van der Waals surface area contributed by atoms with Crippen molar-refractivity contribution in [3.63, 3.8) is 0 Å². The van der Waals surface area contributed by atoms with Crippen LogP contribution in [0.4, 0.5) is 0 Å². The zero-order valence-corrected chi connectivity index (χ0v) is 12.7. The van der Waals surface area contributed by atoms with Crippen molar-refractivity contribution < 1.29 is 0 Å². The zero-order valence-electron chi connectivity index (χ0n) is 12.7. The van der Waals surface area contributed by atoms with Crippen LogP contribution < -0.4 is 5.32 Å². The Morgan fingerprint density at radius 3 is 2.32 bits per heavy atom. The largest absolute Gasteiger partial charge is 0.311 e. The zero-order chi connectivity index (χ0) is 14.1. The number of rotatable bonds is 9. The second-order valence-electron chi connectivity index (χ2n) is 4.88. The number of nitrogens with zero attached hydrogens (tertiary/aromatic N) is 1. The summed E-state index contributed by atoms with van der Waals surface area (Å²) in [5.41, 5.74) is 2.66. The maximum Gasteiger partial charge on any atom is 0.0472 e. The molecule has 1 aromatic carbocycles. The predicted molar refractivity (Wildman–Crippen MR) is 84.4 cm³/mol. The Bertz CT molecular complexity index is 355. The number of hydrogen-bond donors (Lipinski definition) is 1. The molecule has 0 aliphatic rings. The van der Waals surface area contributed by atoms with E-state index < -0.39 is 0 Å². The summed E-state index contributed by atoms with van der Waals surface area (Å²) in [6.07, 6.45) is 1.05. The molecule has 0 spiro atoms. The van der Waals surface area contributed by atoms with Crippen molar-refractivity contribution >= 4 is 0 Å². The fourth-order valence-electron chi connectivity index (χ4n) is 2.31. The van der Waals surface area contributed by atoms with Gasteiger partial charge in [0.1, 0.15) is 0 Å². The predicted octanol–water partition coefficient (Wildman–Crippen LogP) is 3.63. The highest BCUT2D eigenvalue weighted by molar-refractivity contribution is 5.19. The molecule has 0 heterocycles. The van der Waals surface area contributed by atoms with E-state index in [0.717, 1.165) is 32.6 Å². The number of hydrogen-bond acceptors (Lipinski definition) is 2. The van der Waals surface area contributed by atoms with Crippen LogP contribution in [0.5, 0.6) is 0 Å². The van der Waals surface area contributed by atoms with Crippen LogP contribution in [-0.4, -0.2) is 31.1 Å². The monoisotopic (exact) mass is 260 g/mol. The summed E-state index contributed by atoms with van der Waals surface area (Å²) in [6.45, 7) is 14.7. The van der Waals surface area contributed by atoms with Crippen molar-refractivity contribution in [2.24, 2.45) is 0 Å². The van der Waals surface area contributed by atoms with Gasteiger partial charge >= 0.3 is 0 Å². The van der Waals surface area contributed by atoms with Gasteiger partial charge in [-0.2, -0.15) is 0 Å². The summed E-state index contributed by atoms with van der Waals surface area (Å²) in [7, 11) is 0. The topological polar surface area (TPSA) is 15.3 Å². The summed E-state index contributed by atoms with van der Waals surface area (Å²) in [5.74, 6) is 0. The van der Waals surface area contributed by atoms with Crippen molar-refractivity contribution in [2.75, 3.05) is 26.2 Å². The number of benzene rings is 1. The van der Waals surface area contributed by atoms with E-state index in [-0.39, 0.29) is 0 Å². The maximum atomic E-state index is 4.05. The van der Waals surface area contributed by atoms with Gasteiger partial charge in [0.25, 0.3) is 0 Å². The van der Waals surface area contributed by atoms with Crippen molar-refractivity contribution in [1.29, 1.82) is 0 Å². The molecule has 0 aromatic heterocycles. The normalized spacial score (nSPS) is 12.6. The van der Waals surface area contributed by atoms with Crippen molar-refractivity contribution in [1.82, 2.24) is 10.2 Å². The van der Waals surface area contributed by atoms with E-state index in [9.17, 15) is 0 Å². The van der Waals surface area contributed by atoms with Crippen molar-refractivity contribution in [2.45, 2.75) is 33.2 Å². The van der Waals surface area contributed by atoms with E-state index >= 15 is 0 Å². The number of likely N-dealkylation sites (N-methyl/N-ethyl adjacent to an activating group) is 1. The molecule has 0 amide bonds. The van der Waals surface area contributed by atoms with Gasteiger partial charge in [-0.15, -0.1) is 0 Å². The Hall–Kier alpha value is -1.12.